The summed E-state index contributed by atoms with van der Waals surface area (Å²) in [5, 5.41) is 11.3. The van der Waals surface area contributed by atoms with E-state index in [1.165, 1.54) is 6.33 Å². The van der Waals surface area contributed by atoms with E-state index in [0.717, 1.165) is 11.0 Å². The SMILES string of the molecule is CC(C)(C)[Si](C)(C)OCC1OC(n2ccc3c(N)ncnc32)CC1O. The molecule has 3 N–H and O–H groups in total. The lowest BCUT2D eigenvalue weighted by atomic mass is 10.2. The lowest BCUT2D eigenvalue weighted by Gasteiger charge is -2.37. The highest BCUT2D eigenvalue weighted by atomic mass is 28.4. The van der Waals surface area contributed by atoms with Gasteiger partial charge in [0.15, 0.2) is 8.32 Å². The summed E-state index contributed by atoms with van der Waals surface area (Å²) >= 11 is 0. The predicted octanol–water partition coefficient (Wildman–Crippen LogP) is 2.68. The van der Waals surface area contributed by atoms with Crippen LogP contribution in [0.25, 0.3) is 11.0 Å². The van der Waals surface area contributed by atoms with Crippen molar-refractivity contribution in [1.82, 2.24) is 14.5 Å². The summed E-state index contributed by atoms with van der Waals surface area (Å²) in [5.41, 5.74) is 6.61. The lowest BCUT2D eigenvalue weighted by Crippen LogP contribution is -2.43. The first-order chi connectivity index (χ1) is 11.6. The number of fused-ring (bicyclic) bond motifs is 1. The minimum Gasteiger partial charge on any atom is -0.414 e. The van der Waals surface area contributed by atoms with E-state index in [0.29, 0.717) is 18.8 Å². The van der Waals surface area contributed by atoms with Gasteiger partial charge in [-0.15, -0.1) is 0 Å². The Morgan fingerprint density at radius 2 is 2.12 bits per heavy atom. The Bertz CT molecular complexity index is 756. The number of aliphatic hydroxyl groups excluding tert-OH is 1. The largest absolute Gasteiger partial charge is 0.414 e. The van der Waals surface area contributed by atoms with E-state index in [4.69, 9.17) is 14.9 Å². The summed E-state index contributed by atoms with van der Waals surface area (Å²) in [5.74, 6) is 0.445. The molecular formula is C17H28N4O3Si. The number of nitrogen functional groups attached to an aromatic ring is 1. The van der Waals surface area contributed by atoms with Gasteiger partial charge in [0.05, 0.1) is 18.1 Å². The average molecular weight is 365 g/mol. The number of aromatic nitrogens is 3. The molecule has 3 heterocycles. The maximum Gasteiger partial charge on any atom is 0.192 e. The monoisotopic (exact) mass is 364 g/mol. The summed E-state index contributed by atoms with van der Waals surface area (Å²) in [6.45, 7) is 11.4. The van der Waals surface area contributed by atoms with E-state index in [1.54, 1.807) is 0 Å². The highest BCUT2D eigenvalue weighted by molar-refractivity contribution is 6.74. The second kappa shape index (κ2) is 6.35. The number of hydrogen-bond donors (Lipinski definition) is 2. The van der Waals surface area contributed by atoms with Gasteiger partial charge in [0.25, 0.3) is 0 Å². The van der Waals surface area contributed by atoms with Gasteiger partial charge in [-0.25, -0.2) is 9.97 Å². The smallest absolute Gasteiger partial charge is 0.192 e. The van der Waals surface area contributed by atoms with Crippen LogP contribution in [0.3, 0.4) is 0 Å². The molecular weight excluding hydrogens is 336 g/mol. The Labute approximate surface area is 149 Å². The molecule has 0 aromatic carbocycles. The van der Waals surface area contributed by atoms with Crippen LogP contribution in [0, 0.1) is 0 Å². The van der Waals surface area contributed by atoms with E-state index < -0.39 is 14.4 Å². The first-order valence-corrected chi connectivity index (χ1v) is 11.6. The third kappa shape index (κ3) is 3.44. The molecule has 0 amide bonds. The lowest BCUT2D eigenvalue weighted by molar-refractivity contribution is -0.0403. The molecule has 3 atom stereocenters. The maximum atomic E-state index is 10.4. The first kappa shape index (κ1) is 18.3. The Morgan fingerprint density at radius 1 is 1.40 bits per heavy atom. The number of nitrogens with two attached hydrogens (primary N) is 1. The van der Waals surface area contributed by atoms with Gasteiger partial charge in [0.1, 0.15) is 30.1 Å². The highest BCUT2D eigenvalue weighted by Gasteiger charge is 2.41. The normalized spacial score (nSPS) is 25.0. The quantitative estimate of drug-likeness (QED) is 0.810. The molecule has 2 aromatic heterocycles. The van der Waals surface area contributed by atoms with Crippen molar-refractivity contribution in [3.05, 3.63) is 18.6 Å². The number of anilines is 1. The predicted molar refractivity (Wildman–Crippen MR) is 99.6 cm³/mol. The zero-order valence-corrected chi connectivity index (χ0v) is 16.6. The third-order valence-electron chi connectivity index (χ3n) is 5.47. The van der Waals surface area contributed by atoms with Crippen molar-refractivity contribution in [2.24, 2.45) is 0 Å². The summed E-state index contributed by atoms with van der Waals surface area (Å²) in [4.78, 5) is 8.30. The molecule has 25 heavy (non-hydrogen) atoms. The van der Waals surface area contributed by atoms with Crippen LogP contribution >= 0.6 is 0 Å². The number of hydrogen-bond acceptors (Lipinski definition) is 6. The van der Waals surface area contributed by atoms with Gasteiger partial charge in [-0.1, -0.05) is 20.8 Å². The molecule has 0 spiro atoms. The number of rotatable bonds is 4. The Hall–Kier alpha value is -1.48. The van der Waals surface area contributed by atoms with Crippen molar-refractivity contribution in [3.63, 3.8) is 0 Å². The van der Waals surface area contributed by atoms with Crippen LogP contribution in [0.2, 0.25) is 18.1 Å². The molecule has 2 aromatic rings. The van der Waals surface area contributed by atoms with Crippen LogP contribution in [0.4, 0.5) is 5.82 Å². The van der Waals surface area contributed by atoms with E-state index in [1.807, 2.05) is 16.8 Å². The topological polar surface area (TPSA) is 95.4 Å². The molecule has 7 nitrogen and oxygen atoms in total. The van der Waals surface area contributed by atoms with Crippen molar-refractivity contribution in [2.45, 2.75) is 63.8 Å². The fraction of sp³-hybridized carbons (Fsp3) is 0.647. The molecule has 8 heteroatoms. The minimum atomic E-state index is -1.88. The molecule has 138 valence electrons. The molecule has 3 rings (SSSR count). The van der Waals surface area contributed by atoms with Crippen LogP contribution in [-0.4, -0.2) is 46.8 Å². The second-order valence-corrected chi connectivity index (χ2v) is 13.0. The zero-order valence-electron chi connectivity index (χ0n) is 15.6. The van der Waals surface area contributed by atoms with E-state index in [9.17, 15) is 5.11 Å². The van der Waals surface area contributed by atoms with Crippen molar-refractivity contribution in [2.75, 3.05) is 12.3 Å². The standard InChI is InChI=1S/C17H28N4O3Si/c1-17(2,3)25(4,5)23-9-13-12(22)8-14(24-13)21-7-6-11-15(18)19-10-20-16(11)21/h6-7,10,12-14,22H,8-9H2,1-5H3,(H2,18,19,20). The van der Waals surface area contributed by atoms with Gasteiger partial charge in [0.2, 0.25) is 0 Å². The van der Waals surface area contributed by atoms with Gasteiger partial charge in [-0.05, 0) is 24.2 Å². The average Bonchev–Trinajstić information content (AvgIpc) is 3.08. The van der Waals surface area contributed by atoms with Crippen molar-refractivity contribution >= 4 is 25.2 Å². The summed E-state index contributed by atoms with van der Waals surface area (Å²) < 4.78 is 14.2. The van der Waals surface area contributed by atoms with Crippen molar-refractivity contribution < 1.29 is 14.3 Å². The Balaban J connectivity index is 1.72. The molecule has 1 fully saturated rings. The van der Waals surface area contributed by atoms with E-state index in [-0.39, 0.29) is 17.4 Å². The van der Waals surface area contributed by atoms with Gasteiger partial charge in [0, 0.05) is 12.6 Å². The molecule has 0 bridgehead atoms. The molecule has 0 saturated carbocycles. The molecule has 1 saturated heterocycles. The Kier molecular flexibility index (Phi) is 4.65. The van der Waals surface area contributed by atoms with Crippen LogP contribution in [0.5, 0.6) is 0 Å². The van der Waals surface area contributed by atoms with Gasteiger partial charge in [-0.3, -0.25) is 0 Å². The number of ether oxygens (including phenoxy) is 1. The van der Waals surface area contributed by atoms with E-state index in [2.05, 4.69) is 43.8 Å². The fourth-order valence-electron chi connectivity index (χ4n) is 2.77. The summed E-state index contributed by atoms with van der Waals surface area (Å²) in [6.07, 6.45) is 2.64. The zero-order chi connectivity index (χ0) is 18.4. The maximum absolute atomic E-state index is 10.4. The van der Waals surface area contributed by atoms with Gasteiger partial charge in [-0.2, -0.15) is 0 Å². The summed E-state index contributed by atoms with van der Waals surface area (Å²) in [7, 11) is -1.88. The first-order valence-electron chi connectivity index (χ1n) is 8.64. The molecule has 3 unspecified atom stereocenters. The fourth-order valence-corrected chi connectivity index (χ4v) is 3.78. The molecule has 0 radical (unpaired) electrons. The van der Waals surface area contributed by atoms with Crippen LogP contribution < -0.4 is 5.73 Å². The molecule has 1 aliphatic heterocycles. The van der Waals surface area contributed by atoms with E-state index >= 15 is 0 Å². The molecule has 1 aliphatic rings. The van der Waals surface area contributed by atoms with Gasteiger partial charge < -0.3 is 24.6 Å². The minimum absolute atomic E-state index is 0.126. The van der Waals surface area contributed by atoms with Crippen molar-refractivity contribution in [3.8, 4) is 0 Å². The summed E-state index contributed by atoms with van der Waals surface area (Å²) in [6, 6.07) is 1.87. The Morgan fingerprint density at radius 3 is 2.80 bits per heavy atom. The third-order valence-corrected chi connectivity index (χ3v) is 9.97. The van der Waals surface area contributed by atoms with Crippen LogP contribution in [0.15, 0.2) is 18.6 Å². The van der Waals surface area contributed by atoms with Crippen molar-refractivity contribution in [1.29, 1.82) is 0 Å². The number of aliphatic hydroxyl groups is 1. The van der Waals surface area contributed by atoms with Crippen LogP contribution in [-0.2, 0) is 9.16 Å². The van der Waals surface area contributed by atoms with Crippen LogP contribution in [0.1, 0.15) is 33.4 Å². The second-order valence-electron chi connectivity index (χ2n) is 8.22. The number of nitrogens with zero attached hydrogens (tertiary/aromatic N) is 3. The highest BCUT2D eigenvalue weighted by Crippen LogP contribution is 2.38. The molecule has 0 aliphatic carbocycles. The van der Waals surface area contributed by atoms with Gasteiger partial charge >= 0.3 is 0 Å².